The molecule has 0 bridgehead atoms. The summed E-state index contributed by atoms with van der Waals surface area (Å²) in [6, 6.07) is 6.37. The second-order valence-electron chi connectivity index (χ2n) is 5.15. The number of carbonyl (C=O) groups is 1. The number of hydrogen-bond acceptors (Lipinski definition) is 6. The average Bonchev–Trinajstić information content (AvgIpc) is 3.07. The summed E-state index contributed by atoms with van der Waals surface area (Å²) in [6.45, 7) is 8.00. The fraction of sp³-hybridized carbons (Fsp3) is 0.632. The molecule has 1 aromatic carbocycles. The molecule has 1 aromatic rings. The van der Waals surface area contributed by atoms with Crippen LogP contribution >= 0.6 is 0 Å². The van der Waals surface area contributed by atoms with E-state index in [4.69, 9.17) is 10.2 Å². The molecular weight excluding hydrogens is 338 g/mol. The molecule has 0 unspecified atom stereocenters. The molecular formula is C19H33NO6. The lowest BCUT2D eigenvalue weighted by Crippen LogP contribution is -2.21. The minimum absolute atomic E-state index is 0.0430. The Kier molecular flexibility index (Phi) is 15.4. The molecule has 150 valence electrons. The second kappa shape index (κ2) is 15.3. The normalized spacial score (nSPS) is 13.7. The van der Waals surface area contributed by atoms with E-state index < -0.39 is 10.7 Å². The number of aryl methyl sites for hydroxylation is 1. The van der Waals surface area contributed by atoms with Gasteiger partial charge in [-0.05, 0) is 19.3 Å². The summed E-state index contributed by atoms with van der Waals surface area (Å²) < 4.78 is 4.46. The van der Waals surface area contributed by atoms with E-state index in [2.05, 4.69) is 4.74 Å². The number of ether oxygens (including phenoxy) is 1. The van der Waals surface area contributed by atoms with E-state index in [0.29, 0.717) is 24.8 Å². The number of methoxy groups -OCH3 is 1. The number of carbonyl (C=O) groups excluding carboxylic acids is 1. The third kappa shape index (κ3) is 11.5. The van der Waals surface area contributed by atoms with E-state index in [-0.39, 0.29) is 18.1 Å². The molecule has 2 rings (SSSR count). The number of aliphatic hydroxyl groups is 2. The van der Waals surface area contributed by atoms with Gasteiger partial charge in [0.15, 0.2) is 5.79 Å². The maximum atomic E-state index is 10.9. The molecule has 1 aliphatic rings. The van der Waals surface area contributed by atoms with E-state index >= 15 is 0 Å². The Labute approximate surface area is 156 Å². The third-order valence-electron chi connectivity index (χ3n) is 3.42. The van der Waals surface area contributed by atoms with Crippen LogP contribution in [0.25, 0.3) is 0 Å². The lowest BCUT2D eigenvalue weighted by Gasteiger charge is -2.11. The molecule has 0 aromatic heterocycles. The first kappa shape index (κ1) is 26.2. The Bertz CT molecular complexity index is 509. The molecule has 0 heterocycles. The molecule has 0 atom stereocenters. The number of nitro benzene ring substituents is 1. The van der Waals surface area contributed by atoms with Crippen LogP contribution in [0.3, 0.4) is 0 Å². The van der Waals surface area contributed by atoms with Crippen molar-refractivity contribution in [1.29, 1.82) is 0 Å². The van der Waals surface area contributed by atoms with Gasteiger partial charge in [-0.25, -0.2) is 0 Å². The van der Waals surface area contributed by atoms with Crippen molar-refractivity contribution >= 4 is 11.7 Å². The second-order valence-corrected chi connectivity index (χ2v) is 5.15. The predicted octanol–water partition coefficient (Wildman–Crippen LogP) is 3.99. The molecule has 7 heteroatoms. The average molecular weight is 371 g/mol. The highest BCUT2D eigenvalue weighted by atomic mass is 16.6. The highest BCUT2D eigenvalue weighted by molar-refractivity contribution is 5.69. The van der Waals surface area contributed by atoms with Crippen LogP contribution in [0.1, 0.15) is 65.4 Å². The van der Waals surface area contributed by atoms with Crippen molar-refractivity contribution < 1.29 is 24.7 Å². The van der Waals surface area contributed by atoms with Crippen molar-refractivity contribution in [2.75, 3.05) is 7.11 Å². The minimum atomic E-state index is -1.31. The van der Waals surface area contributed by atoms with Crippen LogP contribution in [0.2, 0.25) is 0 Å². The van der Waals surface area contributed by atoms with Gasteiger partial charge in [0, 0.05) is 30.9 Å². The summed E-state index contributed by atoms with van der Waals surface area (Å²) in [5.41, 5.74) is 0.592. The predicted molar refractivity (Wildman–Crippen MR) is 102 cm³/mol. The highest BCUT2D eigenvalue weighted by Crippen LogP contribution is 2.25. The Morgan fingerprint density at radius 3 is 2.04 bits per heavy atom. The van der Waals surface area contributed by atoms with E-state index in [1.54, 1.807) is 18.2 Å². The Morgan fingerprint density at radius 2 is 1.65 bits per heavy atom. The summed E-state index contributed by atoms with van der Waals surface area (Å²) in [6.07, 6.45) is 3.53. The zero-order chi connectivity index (χ0) is 20.6. The number of rotatable bonds is 4. The van der Waals surface area contributed by atoms with Crippen molar-refractivity contribution in [1.82, 2.24) is 0 Å². The van der Waals surface area contributed by atoms with Gasteiger partial charge in [-0.15, -0.1) is 0 Å². The van der Waals surface area contributed by atoms with E-state index in [9.17, 15) is 14.9 Å². The fourth-order valence-electron chi connectivity index (χ4n) is 2.18. The molecule has 1 saturated carbocycles. The third-order valence-corrected chi connectivity index (χ3v) is 3.42. The van der Waals surface area contributed by atoms with Crippen LogP contribution in [-0.2, 0) is 16.0 Å². The number of benzene rings is 1. The fourth-order valence-corrected chi connectivity index (χ4v) is 2.18. The SMILES string of the molecule is CC.CC.COC(=O)CCc1ccccc1[N+](=O)[O-].OC1(O)CCCC1. The van der Waals surface area contributed by atoms with Gasteiger partial charge in [0.2, 0.25) is 0 Å². The number of esters is 1. The van der Waals surface area contributed by atoms with Gasteiger partial charge in [0.05, 0.1) is 12.0 Å². The van der Waals surface area contributed by atoms with Gasteiger partial charge < -0.3 is 14.9 Å². The molecule has 0 saturated heterocycles. The van der Waals surface area contributed by atoms with Gasteiger partial charge in [0.25, 0.3) is 5.69 Å². The molecule has 2 N–H and O–H groups in total. The lowest BCUT2D eigenvalue weighted by molar-refractivity contribution is -0.385. The summed E-state index contributed by atoms with van der Waals surface area (Å²) in [5, 5.41) is 28.1. The Hall–Kier alpha value is -1.99. The van der Waals surface area contributed by atoms with E-state index in [0.717, 1.165) is 12.8 Å². The van der Waals surface area contributed by atoms with Gasteiger partial charge in [0.1, 0.15) is 0 Å². The first-order valence-electron chi connectivity index (χ1n) is 9.09. The lowest BCUT2D eigenvalue weighted by atomic mass is 10.1. The first-order chi connectivity index (χ1) is 12.4. The molecule has 0 aliphatic heterocycles. The summed E-state index contributed by atoms with van der Waals surface area (Å²) >= 11 is 0. The smallest absolute Gasteiger partial charge is 0.305 e. The summed E-state index contributed by atoms with van der Waals surface area (Å²) in [4.78, 5) is 21.0. The molecule has 0 amide bonds. The molecule has 0 spiro atoms. The monoisotopic (exact) mass is 371 g/mol. The summed E-state index contributed by atoms with van der Waals surface area (Å²) in [7, 11) is 1.29. The standard InChI is InChI=1S/C10H11NO4.C5H10O2.2C2H6/c1-15-10(12)7-6-8-4-2-3-5-9(8)11(13)14;6-5(7)3-1-2-4-5;2*1-2/h2-5H,6-7H2,1H3;6-7H,1-4H2;2*1-2H3. The van der Waals surface area contributed by atoms with Crippen LogP contribution in [0.15, 0.2) is 24.3 Å². The van der Waals surface area contributed by atoms with E-state index in [1.807, 2.05) is 27.7 Å². The molecule has 26 heavy (non-hydrogen) atoms. The molecule has 7 nitrogen and oxygen atoms in total. The summed E-state index contributed by atoms with van der Waals surface area (Å²) in [5.74, 6) is -1.67. The molecule has 1 aliphatic carbocycles. The highest BCUT2D eigenvalue weighted by Gasteiger charge is 2.26. The van der Waals surface area contributed by atoms with Crippen LogP contribution < -0.4 is 0 Å². The molecule has 1 fully saturated rings. The van der Waals surface area contributed by atoms with Crippen LogP contribution in [0.5, 0.6) is 0 Å². The van der Waals surface area contributed by atoms with E-state index in [1.165, 1.54) is 13.2 Å². The molecule has 0 radical (unpaired) electrons. The van der Waals surface area contributed by atoms with Crippen molar-refractivity contribution in [3.05, 3.63) is 39.9 Å². The zero-order valence-electron chi connectivity index (χ0n) is 16.5. The quantitative estimate of drug-likeness (QED) is 0.358. The Morgan fingerprint density at radius 1 is 1.15 bits per heavy atom. The van der Waals surface area contributed by atoms with Gasteiger partial charge in [-0.3, -0.25) is 14.9 Å². The zero-order valence-corrected chi connectivity index (χ0v) is 16.5. The van der Waals surface area contributed by atoms with Gasteiger partial charge in [-0.1, -0.05) is 45.9 Å². The van der Waals surface area contributed by atoms with Crippen molar-refractivity contribution in [2.24, 2.45) is 0 Å². The van der Waals surface area contributed by atoms with Crippen molar-refractivity contribution in [3.8, 4) is 0 Å². The largest absolute Gasteiger partial charge is 0.469 e. The van der Waals surface area contributed by atoms with Gasteiger partial charge >= 0.3 is 5.97 Å². The maximum Gasteiger partial charge on any atom is 0.305 e. The van der Waals surface area contributed by atoms with Crippen LogP contribution in [0.4, 0.5) is 5.69 Å². The number of nitro groups is 1. The van der Waals surface area contributed by atoms with Crippen LogP contribution in [0, 0.1) is 10.1 Å². The number of hydrogen-bond donors (Lipinski definition) is 2. The number of para-hydroxylation sites is 1. The van der Waals surface area contributed by atoms with Crippen molar-refractivity contribution in [3.63, 3.8) is 0 Å². The maximum absolute atomic E-state index is 10.9. The number of nitrogens with zero attached hydrogens (tertiary/aromatic N) is 1. The minimum Gasteiger partial charge on any atom is -0.469 e. The van der Waals surface area contributed by atoms with Crippen molar-refractivity contribution in [2.45, 2.75) is 72.0 Å². The van der Waals surface area contributed by atoms with Gasteiger partial charge in [-0.2, -0.15) is 0 Å². The Balaban J connectivity index is 0. The van der Waals surface area contributed by atoms with Crippen LogP contribution in [-0.4, -0.2) is 34.0 Å². The first-order valence-corrected chi connectivity index (χ1v) is 9.09. The topological polar surface area (TPSA) is 110 Å².